The van der Waals surface area contributed by atoms with Gasteiger partial charge >= 0.3 is 0 Å². The number of hydrogen-bond acceptors (Lipinski definition) is 3. The SMILES string of the molecule is Cc1ccc(C(N)C(=O)NC2CCCC(N(C)C)C2)cc1. The van der Waals surface area contributed by atoms with Crippen LogP contribution in [0.1, 0.15) is 42.9 Å². The molecule has 21 heavy (non-hydrogen) atoms. The topological polar surface area (TPSA) is 58.4 Å². The maximum atomic E-state index is 12.3. The number of nitrogens with one attached hydrogen (secondary N) is 1. The van der Waals surface area contributed by atoms with Crippen LogP contribution in [-0.2, 0) is 4.79 Å². The molecule has 1 aromatic rings. The number of nitrogens with two attached hydrogens (primary N) is 1. The molecule has 1 saturated carbocycles. The monoisotopic (exact) mass is 289 g/mol. The number of carbonyl (C=O) groups excluding carboxylic acids is 1. The molecule has 1 aliphatic rings. The van der Waals surface area contributed by atoms with Gasteiger partial charge < -0.3 is 16.0 Å². The van der Waals surface area contributed by atoms with Crippen LogP contribution in [0.4, 0.5) is 0 Å². The summed E-state index contributed by atoms with van der Waals surface area (Å²) in [4.78, 5) is 14.6. The van der Waals surface area contributed by atoms with Gasteiger partial charge in [0.2, 0.25) is 5.91 Å². The molecule has 3 atom stereocenters. The Balaban J connectivity index is 1.92. The summed E-state index contributed by atoms with van der Waals surface area (Å²) in [6.07, 6.45) is 4.44. The molecule has 1 aromatic carbocycles. The van der Waals surface area contributed by atoms with Crippen molar-refractivity contribution in [1.29, 1.82) is 0 Å². The third kappa shape index (κ3) is 4.29. The standard InChI is InChI=1S/C17H27N3O/c1-12-7-9-13(10-8-12)16(18)17(21)19-14-5-4-6-15(11-14)20(2)3/h7-10,14-16H,4-6,11,18H2,1-3H3,(H,19,21). The summed E-state index contributed by atoms with van der Waals surface area (Å²) in [7, 11) is 4.21. The highest BCUT2D eigenvalue weighted by atomic mass is 16.2. The Bertz CT molecular complexity index is 469. The number of aryl methyl sites for hydroxylation is 1. The summed E-state index contributed by atoms with van der Waals surface area (Å²) in [5, 5.41) is 3.13. The van der Waals surface area contributed by atoms with Crippen molar-refractivity contribution in [3.8, 4) is 0 Å². The van der Waals surface area contributed by atoms with Crippen LogP contribution in [0.3, 0.4) is 0 Å². The zero-order valence-corrected chi connectivity index (χ0v) is 13.3. The van der Waals surface area contributed by atoms with E-state index in [-0.39, 0.29) is 11.9 Å². The molecule has 0 heterocycles. The molecule has 0 aromatic heterocycles. The van der Waals surface area contributed by atoms with E-state index in [0.717, 1.165) is 24.8 Å². The minimum atomic E-state index is -0.578. The Morgan fingerprint density at radius 2 is 1.95 bits per heavy atom. The minimum Gasteiger partial charge on any atom is -0.352 e. The van der Waals surface area contributed by atoms with Gasteiger partial charge in [0.25, 0.3) is 0 Å². The molecule has 1 aliphatic carbocycles. The van der Waals surface area contributed by atoms with Gasteiger partial charge in [-0.2, -0.15) is 0 Å². The summed E-state index contributed by atoms with van der Waals surface area (Å²) in [5.41, 5.74) is 8.12. The van der Waals surface area contributed by atoms with Gasteiger partial charge in [0.05, 0.1) is 0 Å². The highest BCUT2D eigenvalue weighted by molar-refractivity contribution is 5.83. The minimum absolute atomic E-state index is 0.0664. The van der Waals surface area contributed by atoms with Gasteiger partial charge in [-0.25, -0.2) is 0 Å². The highest BCUT2D eigenvalue weighted by Gasteiger charge is 2.26. The van der Waals surface area contributed by atoms with Crippen molar-refractivity contribution in [1.82, 2.24) is 10.2 Å². The lowest BCUT2D eigenvalue weighted by Gasteiger charge is -2.34. The molecule has 1 fully saturated rings. The Kier molecular flexibility index (Phi) is 5.37. The number of amides is 1. The molecular formula is C17H27N3O. The van der Waals surface area contributed by atoms with Gasteiger partial charge in [-0.3, -0.25) is 4.79 Å². The van der Waals surface area contributed by atoms with Gasteiger partial charge in [0.1, 0.15) is 6.04 Å². The number of nitrogens with zero attached hydrogens (tertiary/aromatic N) is 1. The van der Waals surface area contributed by atoms with Crippen LogP contribution in [0.25, 0.3) is 0 Å². The first kappa shape index (κ1) is 16.0. The second-order valence-corrected chi connectivity index (χ2v) is 6.38. The third-order valence-corrected chi connectivity index (χ3v) is 4.44. The summed E-state index contributed by atoms with van der Waals surface area (Å²) in [5.74, 6) is -0.0664. The molecule has 0 aliphatic heterocycles. The van der Waals surface area contributed by atoms with Crippen molar-refractivity contribution >= 4 is 5.91 Å². The third-order valence-electron chi connectivity index (χ3n) is 4.44. The summed E-state index contributed by atoms with van der Waals surface area (Å²) in [6, 6.07) is 8.07. The summed E-state index contributed by atoms with van der Waals surface area (Å²) in [6.45, 7) is 2.03. The Hall–Kier alpha value is -1.39. The largest absolute Gasteiger partial charge is 0.352 e. The molecule has 1 amide bonds. The van der Waals surface area contributed by atoms with E-state index in [1.165, 1.54) is 12.0 Å². The first-order valence-corrected chi connectivity index (χ1v) is 7.76. The van der Waals surface area contributed by atoms with Crippen LogP contribution in [-0.4, -0.2) is 37.0 Å². The molecule has 2 rings (SSSR count). The predicted octanol–water partition coefficient (Wildman–Crippen LogP) is 1.98. The highest BCUT2D eigenvalue weighted by Crippen LogP contribution is 2.22. The van der Waals surface area contributed by atoms with Crippen molar-refractivity contribution in [2.75, 3.05) is 14.1 Å². The molecule has 0 spiro atoms. The summed E-state index contributed by atoms with van der Waals surface area (Å²) >= 11 is 0. The van der Waals surface area contributed by atoms with Gasteiger partial charge in [-0.1, -0.05) is 29.8 Å². The second kappa shape index (κ2) is 7.05. The van der Waals surface area contributed by atoms with E-state index >= 15 is 0 Å². The molecule has 4 heteroatoms. The zero-order chi connectivity index (χ0) is 15.4. The molecule has 0 radical (unpaired) electrons. The lowest BCUT2D eigenvalue weighted by Crippen LogP contribution is -2.46. The first-order chi connectivity index (χ1) is 9.97. The van der Waals surface area contributed by atoms with Crippen molar-refractivity contribution in [3.05, 3.63) is 35.4 Å². The van der Waals surface area contributed by atoms with E-state index in [1.54, 1.807) is 0 Å². The van der Waals surface area contributed by atoms with Crippen molar-refractivity contribution < 1.29 is 4.79 Å². The number of benzene rings is 1. The molecule has 4 nitrogen and oxygen atoms in total. The molecular weight excluding hydrogens is 262 g/mol. The van der Waals surface area contributed by atoms with Crippen LogP contribution in [0.2, 0.25) is 0 Å². The van der Waals surface area contributed by atoms with E-state index in [2.05, 4.69) is 24.3 Å². The van der Waals surface area contributed by atoms with Crippen LogP contribution < -0.4 is 11.1 Å². The van der Waals surface area contributed by atoms with Crippen molar-refractivity contribution in [3.63, 3.8) is 0 Å². The predicted molar refractivity (Wildman–Crippen MR) is 86.0 cm³/mol. The van der Waals surface area contributed by atoms with Gasteiger partial charge in [0.15, 0.2) is 0 Å². The van der Waals surface area contributed by atoms with Crippen molar-refractivity contribution in [2.24, 2.45) is 5.73 Å². The van der Waals surface area contributed by atoms with E-state index in [9.17, 15) is 4.79 Å². The lowest BCUT2D eigenvalue weighted by molar-refractivity contribution is -0.123. The Morgan fingerprint density at radius 3 is 2.57 bits per heavy atom. The zero-order valence-electron chi connectivity index (χ0n) is 13.3. The fraction of sp³-hybridized carbons (Fsp3) is 0.588. The normalized spacial score (nSPS) is 23.9. The van der Waals surface area contributed by atoms with Crippen LogP contribution in [0.5, 0.6) is 0 Å². The van der Waals surface area contributed by atoms with E-state index in [4.69, 9.17) is 5.73 Å². The summed E-state index contributed by atoms with van der Waals surface area (Å²) < 4.78 is 0. The van der Waals surface area contributed by atoms with Crippen molar-refractivity contribution in [2.45, 2.75) is 50.7 Å². The first-order valence-electron chi connectivity index (χ1n) is 7.76. The Morgan fingerprint density at radius 1 is 1.29 bits per heavy atom. The fourth-order valence-corrected chi connectivity index (χ4v) is 2.98. The van der Waals surface area contributed by atoms with E-state index in [1.807, 2.05) is 31.2 Å². The average molecular weight is 289 g/mol. The average Bonchev–Trinajstić information content (AvgIpc) is 2.47. The molecule has 0 saturated heterocycles. The molecule has 116 valence electrons. The maximum Gasteiger partial charge on any atom is 0.241 e. The van der Waals surface area contributed by atoms with Crippen LogP contribution >= 0.6 is 0 Å². The Labute approximate surface area is 127 Å². The second-order valence-electron chi connectivity index (χ2n) is 6.38. The van der Waals surface area contributed by atoms with Gasteiger partial charge in [-0.05, 0) is 52.3 Å². The molecule has 3 N–H and O–H groups in total. The number of rotatable bonds is 4. The van der Waals surface area contributed by atoms with E-state index < -0.39 is 6.04 Å². The maximum absolute atomic E-state index is 12.3. The van der Waals surface area contributed by atoms with E-state index in [0.29, 0.717) is 6.04 Å². The van der Waals surface area contributed by atoms with Crippen LogP contribution in [0, 0.1) is 6.92 Å². The van der Waals surface area contributed by atoms with Crippen LogP contribution in [0.15, 0.2) is 24.3 Å². The van der Waals surface area contributed by atoms with Gasteiger partial charge in [-0.15, -0.1) is 0 Å². The molecule has 3 unspecified atom stereocenters. The number of hydrogen-bond donors (Lipinski definition) is 2. The smallest absolute Gasteiger partial charge is 0.241 e. The quantitative estimate of drug-likeness (QED) is 0.891. The lowest BCUT2D eigenvalue weighted by atomic mass is 9.90. The van der Waals surface area contributed by atoms with Gasteiger partial charge in [0, 0.05) is 12.1 Å². The molecule has 0 bridgehead atoms. The number of carbonyl (C=O) groups is 1. The fourth-order valence-electron chi connectivity index (χ4n) is 2.98.